The Kier molecular flexibility index (Phi) is 5.50. The van der Waals surface area contributed by atoms with Gasteiger partial charge in [0, 0.05) is 4.47 Å². The lowest BCUT2D eigenvalue weighted by Gasteiger charge is -2.10. The third-order valence-corrected chi connectivity index (χ3v) is 5.68. The largest absolute Gasteiger partial charge is 0.493 e. The van der Waals surface area contributed by atoms with Crippen molar-refractivity contribution in [2.75, 3.05) is 14.2 Å². The second-order valence-electron chi connectivity index (χ2n) is 5.67. The SMILES string of the molecule is COc1cc(Br)c(C=C2SC(=NC3CCCC3)NC2=O)cc1OC. The number of hydrogen-bond donors (Lipinski definition) is 1. The molecule has 2 aliphatic rings. The molecule has 1 saturated heterocycles. The summed E-state index contributed by atoms with van der Waals surface area (Å²) in [7, 11) is 3.18. The summed E-state index contributed by atoms with van der Waals surface area (Å²) in [5.74, 6) is 1.15. The summed E-state index contributed by atoms with van der Waals surface area (Å²) in [5.41, 5.74) is 0.854. The Balaban J connectivity index is 1.84. The second kappa shape index (κ2) is 7.61. The average Bonchev–Trinajstić information content (AvgIpc) is 3.19. The second-order valence-corrected chi connectivity index (χ2v) is 7.55. The number of nitrogens with zero attached hydrogens (tertiary/aromatic N) is 1. The van der Waals surface area contributed by atoms with Crippen molar-refractivity contribution < 1.29 is 14.3 Å². The van der Waals surface area contributed by atoms with E-state index < -0.39 is 0 Å². The van der Waals surface area contributed by atoms with Crippen LogP contribution in [0.2, 0.25) is 0 Å². The van der Waals surface area contributed by atoms with Gasteiger partial charge in [0.25, 0.3) is 5.91 Å². The zero-order chi connectivity index (χ0) is 17.1. The molecule has 1 amide bonds. The molecule has 0 bridgehead atoms. The molecule has 3 rings (SSSR count). The first-order valence-corrected chi connectivity index (χ1v) is 9.42. The fourth-order valence-electron chi connectivity index (χ4n) is 2.81. The van der Waals surface area contributed by atoms with E-state index in [0.29, 0.717) is 27.6 Å². The fourth-order valence-corrected chi connectivity index (χ4v) is 4.13. The molecule has 1 aromatic carbocycles. The minimum Gasteiger partial charge on any atom is -0.493 e. The normalized spacial score (nSPS) is 21.5. The number of benzene rings is 1. The van der Waals surface area contributed by atoms with Crippen LogP contribution >= 0.6 is 27.7 Å². The maximum atomic E-state index is 12.2. The molecule has 5 nitrogen and oxygen atoms in total. The first-order valence-electron chi connectivity index (χ1n) is 7.81. The van der Waals surface area contributed by atoms with Crippen LogP contribution in [0.25, 0.3) is 6.08 Å². The van der Waals surface area contributed by atoms with Crippen molar-refractivity contribution in [3.05, 3.63) is 27.1 Å². The van der Waals surface area contributed by atoms with Crippen molar-refractivity contribution in [3.8, 4) is 11.5 Å². The minimum absolute atomic E-state index is 0.113. The predicted molar refractivity (Wildman–Crippen MR) is 101 cm³/mol. The number of hydrogen-bond acceptors (Lipinski definition) is 5. The van der Waals surface area contributed by atoms with Gasteiger partial charge >= 0.3 is 0 Å². The standard InChI is InChI=1S/C17H19BrN2O3S/c1-22-13-7-10(12(18)9-14(13)23-2)8-15-16(21)20-17(24-15)19-11-5-3-4-6-11/h7-9,11H,3-6H2,1-2H3,(H,19,20,21). The van der Waals surface area contributed by atoms with Gasteiger partial charge in [-0.3, -0.25) is 9.79 Å². The smallest absolute Gasteiger partial charge is 0.264 e. The third-order valence-electron chi connectivity index (χ3n) is 4.06. The maximum absolute atomic E-state index is 12.2. The van der Waals surface area contributed by atoms with Crippen molar-refractivity contribution in [2.45, 2.75) is 31.7 Å². The molecule has 1 heterocycles. The van der Waals surface area contributed by atoms with Crippen molar-refractivity contribution in [1.29, 1.82) is 0 Å². The molecule has 1 aliphatic carbocycles. The Morgan fingerprint density at radius 2 is 1.92 bits per heavy atom. The van der Waals surface area contributed by atoms with E-state index in [-0.39, 0.29) is 5.91 Å². The summed E-state index contributed by atoms with van der Waals surface area (Å²) < 4.78 is 11.4. The van der Waals surface area contributed by atoms with Gasteiger partial charge < -0.3 is 14.8 Å². The number of carbonyl (C=O) groups excluding carboxylic acids is 1. The number of methoxy groups -OCH3 is 2. The Morgan fingerprint density at radius 3 is 2.58 bits per heavy atom. The van der Waals surface area contributed by atoms with Gasteiger partial charge in [0.15, 0.2) is 16.7 Å². The highest BCUT2D eigenvalue weighted by atomic mass is 79.9. The van der Waals surface area contributed by atoms with Gasteiger partial charge in [0.1, 0.15) is 0 Å². The van der Waals surface area contributed by atoms with Crippen LogP contribution in [0.1, 0.15) is 31.2 Å². The van der Waals surface area contributed by atoms with E-state index in [1.807, 2.05) is 18.2 Å². The minimum atomic E-state index is -0.113. The summed E-state index contributed by atoms with van der Waals surface area (Å²) in [6.07, 6.45) is 6.51. The number of thioether (sulfide) groups is 1. The van der Waals surface area contributed by atoms with Crippen molar-refractivity contribution in [1.82, 2.24) is 5.32 Å². The molecular weight excluding hydrogens is 392 g/mol. The van der Waals surface area contributed by atoms with Crippen LogP contribution < -0.4 is 14.8 Å². The van der Waals surface area contributed by atoms with Crippen molar-refractivity contribution in [3.63, 3.8) is 0 Å². The predicted octanol–water partition coefficient (Wildman–Crippen LogP) is 3.97. The summed E-state index contributed by atoms with van der Waals surface area (Å²) >= 11 is 4.90. The van der Waals surface area contributed by atoms with Gasteiger partial charge in [-0.05, 0) is 48.4 Å². The monoisotopic (exact) mass is 410 g/mol. The Morgan fingerprint density at radius 1 is 1.25 bits per heavy atom. The van der Waals surface area contributed by atoms with E-state index in [0.717, 1.165) is 22.9 Å². The van der Waals surface area contributed by atoms with Crippen LogP contribution in [-0.4, -0.2) is 31.3 Å². The molecule has 1 saturated carbocycles. The zero-order valence-corrected chi connectivity index (χ0v) is 16.0. The fraction of sp³-hybridized carbons (Fsp3) is 0.412. The number of carbonyl (C=O) groups is 1. The van der Waals surface area contributed by atoms with Gasteiger partial charge in [-0.15, -0.1) is 0 Å². The summed E-state index contributed by atoms with van der Waals surface area (Å²) in [5, 5.41) is 3.56. The van der Waals surface area contributed by atoms with E-state index >= 15 is 0 Å². The highest BCUT2D eigenvalue weighted by molar-refractivity contribution is 9.10. The highest BCUT2D eigenvalue weighted by Crippen LogP contribution is 2.36. The Bertz CT molecular complexity index is 712. The first kappa shape index (κ1) is 17.4. The van der Waals surface area contributed by atoms with E-state index in [9.17, 15) is 4.79 Å². The molecule has 128 valence electrons. The summed E-state index contributed by atoms with van der Waals surface area (Å²) in [6, 6.07) is 4.02. The van der Waals surface area contributed by atoms with E-state index in [1.165, 1.54) is 24.6 Å². The summed E-state index contributed by atoms with van der Waals surface area (Å²) in [6.45, 7) is 0. The molecule has 0 atom stereocenters. The number of amidine groups is 1. The average molecular weight is 411 g/mol. The maximum Gasteiger partial charge on any atom is 0.264 e. The number of ether oxygens (including phenoxy) is 2. The Hall–Kier alpha value is -1.47. The molecule has 2 fully saturated rings. The molecule has 7 heteroatoms. The van der Waals surface area contributed by atoms with Crippen LogP contribution in [0.15, 0.2) is 26.5 Å². The van der Waals surface area contributed by atoms with Crippen molar-refractivity contribution >= 4 is 44.8 Å². The summed E-state index contributed by atoms with van der Waals surface area (Å²) in [4.78, 5) is 17.5. The topological polar surface area (TPSA) is 59.9 Å². The Labute approximate surface area is 154 Å². The lowest BCUT2D eigenvalue weighted by Crippen LogP contribution is -2.21. The highest BCUT2D eigenvalue weighted by Gasteiger charge is 2.26. The van der Waals surface area contributed by atoms with Crippen LogP contribution in [0.3, 0.4) is 0 Å². The molecule has 0 spiro atoms. The van der Waals surface area contributed by atoms with Gasteiger partial charge in [-0.25, -0.2) is 0 Å². The number of nitrogens with one attached hydrogen (secondary N) is 1. The van der Waals surface area contributed by atoms with Gasteiger partial charge in [0.05, 0.1) is 25.2 Å². The first-order chi connectivity index (χ1) is 11.6. The molecular formula is C17H19BrN2O3S. The molecule has 0 unspecified atom stereocenters. The third kappa shape index (κ3) is 3.78. The van der Waals surface area contributed by atoms with Gasteiger partial charge in [-0.2, -0.15) is 0 Å². The van der Waals surface area contributed by atoms with E-state index in [2.05, 4.69) is 26.2 Å². The van der Waals surface area contributed by atoms with Crippen LogP contribution in [0.5, 0.6) is 11.5 Å². The van der Waals surface area contributed by atoms with E-state index in [4.69, 9.17) is 9.47 Å². The van der Waals surface area contributed by atoms with Crippen LogP contribution in [-0.2, 0) is 4.79 Å². The molecule has 0 radical (unpaired) electrons. The quantitative estimate of drug-likeness (QED) is 0.762. The lowest BCUT2D eigenvalue weighted by atomic mass is 10.2. The van der Waals surface area contributed by atoms with Crippen LogP contribution in [0, 0.1) is 0 Å². The molecule has 1 N–H and O–H groups in total. The van der Waals surface area contributed by atoms with Crippen molar-refractivity contribution in [2.24, 2.45) is 4.99 Å². The molecule has 1 aromatic rings. The van der Waals surface area contributed by atoms with Crippen LogP contribution in [0.4, 0.5) is 0 Å². The van der Waals surface area contributed by atoms with E-state index in [1.54, 1.807) is 14.2 Å². The number of amides is 1. The van der Waals surface area contributed by atoms with Gasteiger partial charge in [0.2, 0.25) is 0 Å². The lowest BCUT2D eigenvalue weighted by molar-refractivity contribution is -0.115. The number of aliphatic imine (C=N–C) groups is 1. The number of halogens is 1. The zero-order valence-electron chi connectivity index (χ0n) is 13.6. The molecule has 1 aliphatic heterocycles. The molecule has 0 aromatic heterocycles. The van der Waals surface area contributed by atoms with Gasteiger partial charge in [-0.1, -0.05) is 28.8 Å². The molecule has 24 heavy (non-hydrogen) atoms. The number of rotatable bonds is 4.